The lowest BCUT2D eigenvalue weighted by atomic mass is 10.2. The maximum atomic E-state index is 10.8. The third-order valence-corrected chi connectivity index (χ3v) is 2.19. The maximum Gasteiger partial charge on any atom is 0.354 e. The van der Waals surface area contributed by atoms with E-state index in [9.17, 15) is 4.79 Å². The van der Waals surface area contributed by atoms with Crippen LogP contribution in [0.25, 0.3) is 0 Å². The summed E-state index contributed by atoms with van der Waals surface area (Å²) in [5.74, 6) is -0.462. The second kappa shape index (κ2) is 3.86. The fourth-order valence-electron chi connectivity index (χ4n) is 1.28. The Morgan fingerprint density at radius 3 is 2.93 bits per heavy atom. The average molecular weight is 208 g/mol. The summed E-state index contributed by atoms with van der Waals surface area (Å²) in [5.41, 5.74) is 5.95. The molecule has 0 aliphatic heterocycles. The van der Waals surface area contributed by atoms with Gasteiger partial charge in [-0.25, -0.2) is 9.78 Å². The zero-order chi connectivity index (χ0) is 10.8. The molecule has 0 aromatic carbocycles. The molecular weight excluding hydrogens is 196 g/mol. The molecule has 2 rings (SSSR count). The van der Waals surface area contributed by atoms with Crippen molar-refractivity contribution in [2.45, 2.75) is 25.5 Å². The quantitative estimate of drug-likeness (QED) is 0.763. The molecule has 5 heteroatoms. The van der Waals surface area contributed by atoms with Crippen LogP contribution < -0.4 is 10.5 Å². The monoisotopic (exact) mass is 208 g/mol. The number of hydrogen-bond donors (Lipinski definition) is 2. The Balaban J connectivity index is 2.24. The minimum absolute atomic E-state index is 0.000599. The van der Waals surface area contributed by atoms with Crippen LogP contribution in [-0.2, 0) is 6.54 Å². The van der Waals surface area contributed by atoms with E-state index in [1.165, 1.54) is 6.20 Å². The van der Waals surface area contributed by atoms with E-state index < -0.39 is 5.97 Å². The van der Waals surface area contributed by atoms with Crippen molar-refractivity contribution >= 4 is 5.97 Å². The smallest absolute Gasteiger partial charge is 0.354 e. The minimum Gasteiger partial charge on any atom is -0.489 e. The van der Waals surface area contributed by atoms with E-state index in [1.54, 1.807) is 6.07 Å². The van der Waals surface area contributed by atoms with Gasteiger partial charge in [0, 0.05) is 12.1 Å². The first-order valence-corrected chi connectivity index (χ1v) is 4.79. The van der Waals surface area contributed by atoms with Crippen LogP contribution in [0.15, 0.2) is 12.3 Å². The number of aromatic nitrogens is 1. The van der Waals surface area contributed by atoms with Crippen LogP contribution in [0.5, 0.6) is 5.75 Å². The van der Waals surface area contributed by atoms with Crippen molar-refractivity contribution in [1.82, 2.24) is 4.98 Å². The Kier molecular flexibility index (Phi) is 2.55. The number of nitrogens with two attached hydrogens (primary N) is 1. The number of carboxylic acid groups (broad SMARTS) is 1. The summed E-state index contributed by atoms with van der Waals surface area (Å²) in [6.07, 6.45) is 3.81. The molecule has 1 aliphatic carbocycles. The highest BCUT2D eigenvalue weighted by atomic mass is 16.5. The Morgan fingerprint density at radius 1 is 1.67 bits per heavy atom. The number of pyridine rings is 1. The van der Waals surface area contributed by atoms with E-state index in [-0.39, 0.29) is 18.3 Å². The Morgan fingerprint density at radius 2 is 2.40 bits per heavy atom. The van der Waals surface area contributed by atoms with Crippen molar-refractivity contribution in [3.8, 4) is 5.75 Å². The van der Waals surface area contributed by atoms with Crippen LogP contribution in [0, 0.1) is 0 Å². The van der Waals surface area contributed by atoms with Gasteiger partial charge in [0.05, 0.1) is 12.3 Å². The van der Waals surface area contributed by atoms with Crippen LogP contribution in [-0.4, -0.2) is 22.2 Å². The lowest BCUT2D eigenvalue weighted by Gasteiger charge is -2.07. The first-order valence-electron chi connectivity index (χ1n) is 4.79. The summed E-state index contributed by atoms with van der Waals surface area (Å²) in [7, 11) is 0. The second-order valence-electron chi connectivity index (χ2n) is 3.51. The SMILES string of the molecule is NCc1cc(OC2CC2)cnc1C(=O)O. The predicted molar refractivity (Wildman–Crippen MR) is 52.7 cm³/mol. The summed E-state index contributed by atoms with van der Waals surface area (Å²) < 4.78 is 5.49. The third-order valence-electron chi connectivity index (χ3n) is 2.19. The Hall–Kier alpha value is -1.62. The van der Waals surface area contributed by atoms with Gasteiger partial charge in [-0.15, -0.1) is 0 Å². The summed E-state index contributed by atoms with van der Waals surface area (Å²) in [6, 6.07) is 1.65. The highest BCUT2D eigenvalue weighted by Crippen LogP contribution is 2.27. The molecule has 0 spiro atoms. The van der Waals surface area contributed by atoms with Gasteiger partial charge in [0.25, 0.3) is 0 Å². The molecule has 1 aromatic heterocycles. The van der Waals surface area contributed by atoms with Crippen molar-refractivity contribution < 1.29 is 14.6 Å². The molecule has 0 unspecified atom stereocenters. The first kappa shape index (κ1) is 9.92. The number of carboxylic acids is 1. The fraction of sp³-hybridized carbons (Fsp3) is 0.400. The molecule has 1 fully saturated rings. The van der Waals surface area contributed by atoms with Gasteiger partial charge >= 0.3 is 5.97 Å². The average Bonchev–Trinajstić information content (AvgIpc) is 3.01. The van der Waals surface area contributed by atoms with Crippen molar-refractivity contribution in [3.05, 3.63) is 23.5 Å². The standard InChI is InChI=1S/C10H12N2O3/c11-4-6-3-8(15-7-1-2-7)5-12-9(6)10(13)14/h3,5,7H,1-2,4,11H2,(H,13,14). The maximum absolute atomic E-state index is 10.8. The normalized spacial score (nSPS) is 15.0. The highest BCUT2D eigenvalue weighted by molar-refractivity contribution is 5.87. The number of ether oxygens (including phenoxy) is 1. The molecule has 80 valence electrons. The van der Waals surface area contributed by atoms with Gasteiger partial charge < -0.3 is 15.6 Å². The van der Waals surface area contributed by atoms with Gasteiger partial charge in [-0.2, -0.15) is 0 Å². The molecule has 15 heavy (non-hydrogen) atoms. The molecule has 0 atom stereocenters. The van der Waals surface area contributed by atoms with Gasteiger partial charge in [0.2, 0.25) is 0 Å². The first-order chi connectivity index (χ1) is 7.20. The zero-order valence-electron chi connectivity index (χ0n) is 8.14. The second-order valence-corrected chi connectivity index (χ2v) is 3.51. The molecule has 1 heterocycles. The number of carbonyl (C=O) groups is 1. The van der Waals surface area contributed by atoms with Crippen molar-refractivity contribution in [3.63, 3.8) is 0 Å². The van der Waals surface area contributed by atoms with Gasteiger partial charge in [0.1, 0.15) is 5.75 Å². The van der Waals surface area contributed by atoms with Crippen LogP contribution >= 0.6 is 0 Å². The lowest BCUT2D eigenvalue weighted by molar-refractivity contribution is 0.0689. The lowest BCUT2D eigenvalue weighted by Crippen LogP contribution is -2.10. The van der Waals surface area contributed by atoms with E-state index >= 15 is 0 Å². The molecule has 0 amide bonds. The van der Waals surface area contributed by atoms with E-state index in [0.717, 1.165) is 12.8 Å². The number of hydrogen-bond acceptors (Lipinski definition) is 4. The van der Waals surface area contributed by atoms with Crippen molar-refractivity contribution in [1.29, 1.82) is 0 Å². The molecule has 3 N–H and O–H groups in total. The number of nitrogens with zero attached hydrogens (tertiary/aromatic N) is 1. The van der Waals surface area contributed by atoms with Gasteiger partial charge in [0.15, 0.2) is 5.69 Å². The summed E-state index contributed by atoms with van der Waals surface area (Å²) in [6.45, 7) is 0.149. The number of aromatic carboxylic acids is 1. The predicted octanol–water partition coefficient (Wildman–Crippen LogP) is 0.780. The van der Waals surface area contributed by atoms with Crippen molar-refractivity contribution in [2.24, 2.45) is 5.73 Å². The molecule has 0 saturated heterocycles. The van der Waals surface area contributed by atoms with E-state index in [4.69, 9.17) is 15.6 Å². The zero-order valence-corrected chi connectivity index (χ0v) is 8.14. The van der Waals surface area contributed by atoms with Crippen LogP contribution in [0.2, 0.25) is 0 Å². The Labute approximate surface area is 86.9 Å². The molecule has 1 aromatic rings. The summed E-state index contributed by atoms with van der Waals surface area (Å²) in [4.78, 5) is 14.6. The van der Waals surface area contributed by atoms with E-state index in [2.05, 4.69) is 4.98 Å². The highest BCUT2D eigenvalue weighted by Gasteiger charge is 2.24. The number of rotatable bonds is 4. The van der Waals surface area contributed by atoms with Crippen LogP contribution in [0.1, 0.15) is 28.9 Å². The topological polar surface area (TPSA) is 85.4 Å². The molecule has 0 radical (unpaired) electrons. The summed E-state index contributed by atoms with van der Waals surface area (Å²) >= 11 is 0. The fourth-order valence-corrected chi connectivity index (χ4v) is 1.28. The van der Waals surface area contributed by atoms with Crippen LogP contribution in [0.3, 0.4) is 0 Å². The van der Waals surface area contributed by atoms with E-state index in [0.29, 0.717) is 11.3 Å². The van der Waals surface area contributed by atoms with Crippen LogP contribution in [0.4, 0.5) is 0 Å². The van der Waals surface area contributed by atoms with Gasteiger partial charge in [-0.1, -0.05) is 0 Å². The van der Waals surface area contributed by atoms with Gasteiger partial charge in [-0.05, 0) is 18.9 Å². The summed E-state index contributed by atoms with van der Waals surface area (Å²) in [5, 5.41) is 8.82. The molecule has 5 nitrogen and oxygen atoms in total. The molecule has 0 bridgehead atoms. The third kappa shape index (κ3) is 2.24. The largest absolute Gasteiger partial charge is 0.489 e. The molecule has 1 aliphatic rings. The molecule has 1 saturated carbocycles. The van der Waals surface area contributed by atoms with Gasteiger partial charge in [-0.3, -0.25) is 0 Å². The van der Waals surface area contributed by atoms with Crippen molar-refractivity contribution in [2.75, 3.05) is 0 Å². The Bertz CT molecular complexity index is 388. The van der Waals surface area contributed by atoms with E-state index in [1.807, 2.05) is 0 Å². The molecular formula is C10H12N2O3. The minimum atomic E-state index is -1.06.